The van der Waals surface area contributed by atoms with Gasteiger partial charge in [0.25, 0.3) is 0 Å². The number of ether oxygens (including phenoxy) is 1. The van der Waals surface area contributed by atoms with E-state index in [4.69, 9.17) is 4.74 Å². The van der Waals surface area contributed by atoms with Crippen molar-refractivity contribution in [1.82, 2.24) is 10.6 Å². The highest BCUT2D eigenvalue weighted by molar-refractivity contribution is 5.81. The van der Waals surface area contributed by atoms with Gasteiger partial charge in [-0.25, -0.2) is 0 Å². The molecular formula is C32H60N2O2. The fourth-order valence-corrected chi connectivity index (χ4v) is 7.05. The second-order valence-electron chi connectivity index (χ2n) is 12.4. The van der Waals surface area contributed by atoms with Crippen LogP contribution < -0.4 is 10.6 Å². The van der Waals surface area contributed by atoms with Gasteiger partial charge < -0.3 is 15.4 Å². The van der Waals surface area contributed by atoms with Gasteiger partial charge in [0.05, 0.1) is 6.10 Å². The molecule has 3 rings (SSSR count). The highest BCUT2D eigenvalue weighted by Crippen LogP contribution is 2.33. The highest BCUT2D eigenvalue weighted by Gasteiger charge is 2.39. The van der Waals surface area contributed by atoms with Crippen LogP contribution in [0.4, 0.5) is 0 Å². The molecule has 0 spiro atoms. The standard InChI is InChI=1S/C32H60N2O2/c1-3-5-7-8-9-10-11-12-13-15-23-36-28-20-17-26(18-21-28)31-25-33-30-24-27(19-22-29(30)34-31)32(35)16-14-6-4-2/h26-31,33-34H,3-25H2,1-2H3. The number of hydrogen-bond donors (Lipinski definition) is 2. The number of hydrogen-bond acceptors (Lipinski definition) is 4. The van der Waals surface area contributed by atoms with Crippen molar-refractivity contribution in [3.8, 4) is 0 Å². The molecule has 0 bridgehead atoms. The Morgan fingerprint density at radius 1 is 0.694 bits per heavy atom. The van der Waals surface area contributed by atoms with Crippen molar-refractivity contribution in [2.24, 2.45) is 11.8 Å². The second-order valence-corrected chi connectivity index (χ2v) is 12.4. The van der Waals surface area contributed by atoms with Gasteiger partial charge in [-0.2, -0.15) is 0 Å². The lowest BCUT2D eigenvalue weighted by Gasteiger charge is -2.46. The summed E-state index contributed by atoms with van der Waals surface area (Å²) >= 11 is 0. The molecule has 2 aliphatic carbocycles. The third-order valence-electron chi connectivity index (χ3n) is 9.50. The number of Topliss-reactive ketones (excluding diaryl/α,β-unsaturated/α-hetero) is 1. The Bertz CT molecular complexity index is 575. The molecule has 0 amide bonds. The summed E-state index contributed by atoms with van der Waals surface area (Å²) in [6.07, 6.45) is 27.1. The van der Waals surface area contributed by atoms with Crippen LogP contribution in [0, 0.1) is 11.8 Å². The molecule has 4 atom stereocenters. The smallest absolute Gasteiger partial charge is 0.136 e. The van der Waals surface area contributed by atoms with Gasteiger partial charge in [-0.15, -0.1) is 0 Å². The quantitative estimate of drug-likeness (QED) is 0.188. The topological polar surface area (TPSA) is 50.4 Å². The maximum Gasteiger partial charge on any atom is 0.136 e. The van der Waals surface area contributed by atoms with Crippen LogP contribution in [0.2, 0.25) is 0 Å². The minimum absolute atomic E-state index is 0.303. The summed E-state index contributed by atoms with van der Waals surface area (Å²) in [5.41, 5.74) is 0. The second kappa shape index (κ2) is 17.9. The minimum Gasteiger partial charge on any atom is -0.378 e. The Kier molecular flexibility index (Phi) is 15.0. The van der Waals surface area contributed by atoms with Gasteiger partial charge in [0.2, 0.25) is 0 Å². The van der Waals surface area contributed by atoms with Gasteiger partial charge in [0.1, 0.15) is 5.78 Å². The molecular weight excluding hydrogens is 444 g/mol. The highest BCUT2D eigenvalue weighted by atomic mass is 16.5. The lowest BCUT2D eigenvalue weighted by Crippen LogP contribution is -2.64. The van der Waals surface area contributed by atoms with Crippen LogP contribution in [0.3, 0.4) is 0 Å². The molecule has 36 heavy (non-hydrogen) atoms. The lowest BCUT2D eigenvalue weighted by molar-refractivity contribution is -0.124. The van der Waals surface area contributed by atoms with Gasteiger partial charge in [0, 0.05) is 43.6 Å². The number of piperazine rings is 1. The first-order valence-electron chi connectivity index (χ1n) is 16.3. The zero-order valence-electron chi connectivity index (χ0n) is 24.0. The van der Waals surface area contributed by atoms with E-state index in [0.717, 1.165) is 51.2 Å². The average molecular weight is 505 g/mol. The van der Waals surface area contributed by atoms with Crippen molar-refractivity contribution in [3.05, 3.63) is 0 Å². The number of unbranched alkanes of at least 4 members (excludes halogenated alkanes) is 11. The van der Waals surface area contributed by atoms with E-state index in [2.05, 4.69) is 24.5 Å². The molecule has 2 saturated carbocycles. The molecule has 1 aliphatic heterocycles. The molecule has 3 fully saturated rings. The van der Waals surface area contributed by atoms with Crippen LogP contribution in [0.1, 0.15) is 149 Å². The van der Waals surface area contributed by atoms with Crippen molar-refractivity contribution in [2.45, 2.75) is 173 Å². The minimum atomic E-state index is 0.303. The zero-order valence-corrected chi connectivity index (χ0v) is 24.0. The monoisotopic (exact) mass is 504 g/mol. The van der Waals surface area contributed by atoms with E-state index in [1.807, 2.05) is 0 Å². The van der Waals surface area contributed by atoms with Crippen molar-refractivity contribution in [3.63, 3.8) is 0 Å². The summed E-state index contributed by atoms with van der Waals surface area (Å²) in [4.78, 5) is 12.6. The average Bonchev–Trinajstić information content (AvgIpc) is 2.91. The Hall–Kier alpha value is -0.450. The van der Waals surface area contributed by atoms with Crippen LogP contribution in [0.25, 0.3) is 0 Å². The van der Waals surface area contributed by atoms with Crippen LogP contribution in [0.15, 0.2) is 0 Å². The van der Waals surface area contributed by atoms with Gasteiger partial charge >= 0.3 is 0 Å². The third kappa shape index (κ3) is 10.7. The normalized spacial score (nSPS) is 30.7. The van der Waals surface area contributed by atoms with Crippen molar-refractivity contribution >= 4 is 5.78 Å². The van der Waals surface area contributed by atoms with Crippen molar-refractivity contribution < 1.29 is 9.53 Å². The molecule has 0 aromatic heterocycles. The van der Waals surface area contributed by atoms with Crippen LogP contribution in [0.5, 0.6) is 0 Å². The van der Waals surface area contributed by atoms with E-state index in [1.165, 1.54) is 103 Å². The maximum atomic E-state index is 12.6. The van der Waals surface area contributed by atoms with Gasteiger partial charge in [0.15, 0.2) is 0 Å². The fourth-order valence-electron chi connectivity index (χ4n) is 7.05. The molecule has 0 radical (unpaired) electrons. The Morgan fingerprint density at radius 3 is 2.03 bits per heavy atom. The van der Waals surface area contributed by atoms with Crippen LogP contribution in [-0.2, 0) is 9.53 Å². The van der Waals surface area contributed by atoms with Gasteiger partial charge in [-0.1, -0.05) is 84.5 Å². The first-order valence-corrected chi connectivity index (χ1v) is 16.3. The van der Waals surface area contributed by atoms with Crippen molar-refractivity contribution in [1.29, 1.82) is 0 Å². The van der Waals surface area contributed by atoms with Crippen LogP contribution in [-0.4, -0.2) is 43.2 Å². The molecule has 3 aliphatic rings. The number of nitrogens with one attached hydrogen (secondary N) is 2. The third-order valence-corrected chi connectivity index (χ3v) is 9.50. The van der Waals surface area contributed by atoms with E-state index in [0.29, 0.717) is 35.9 Å². The number of carbonyl (C=O) groups excluding carboxylic acids is 1. The first-order chi connectivity index (χ1) is 17.7. The van der Waals surface area contributed by atoms with Crippen molar-refractivity contribution in [2.75, 3.05) is 13.2 Å². The van der Waals surface area contributed by atoms with Crippen LogP contribution >= 0.6 is 0 Å². The Morgan fingerprint density at radius 2 is 1.33 bits per heavy atom. The number of fused-ring (bicyclic) bond motifs is 1. The summed E-state index contributed by atoms with van der Waals surface area (Å²) in [5.74, 6) is 1.61. The summed E-state index contributed by atoms with van der Waals surface area (Å²) in [5, 5.41) is 7.89. The van der Waals surface area contributed by atoms with E-state index >= 15 is 0 Å². The van der Waals surface area contributed by atoms with E-state index in [1.54, 1.807) is 0 Å². The molecule has 1 heterocycles. The fraction of sp³-hybridized carbons (Fsp3) is 0.969. The van der Waals surface area contributed by atoms with E-state index < -0.39 is 0 Å². The number of rotatable bonds is 18. The predicted octanol–water partition coefficient (Wildman–Crippen LogP) is 7.73. The summed E-state index contributed by atoms with van der Waals surface area (Å²) in [6.45, 7) is 6.55. The number of ketones is 1. The Labute approximate surface area is 223 Å². The SMILES string of the molecule is CCCCCCCCCCCCOC1CCC(C2CNC3CC(C(=O)CCCCC)CCC3N2)CC1. The molecule has 4 nitrogen and oxygen atoms in total. The number of carbonyl (C=O) groups is 1. The molecule has 0 aromatic rings. The molecule has 4 unspecified atom stereocenters. The molecule has 4 heteroatoms. The van der Waals surface area contributed by atoms with E-state index in [9.17, 15) is 4.79 Å². The lowest BCUT2D eigenvalue weighted by atomic mass is 9.75. The molecule has 0 aromatic carbocycles. The van der Waals surface area contributed by atoms with Gasteiger partial charge in [-0.3, -0.25) is 4.79 Å². The largest absolute Gasteiger partial charge is 0.378 e. The summed E-state index contributed by atoms with van der Waals surface area (Å²) in [7, 11) is 0. The predicted molar refractivity (Wildman–Crippen MR) is 153 cm³/mol. The molecule has 1 saturated heterocycles. The molecule has 210 valence electrons. The maximum absolute atomic E-state index is 12.6. The van der Waals surface area contributed by atoms with Gasteiger partial charge in [-0.05, 0) is 63.7 Å². The first kappa shape index (κ1) is 30.1. The summed E-state index contributed by atoms with van der Waals surface area (Å²) in [6, 6.07) is 1.66. The zero-order chi connectivity index (χ0) is 25.4. The molecule has 2 N–H and O–H groups in total. The Balaban J connectivity index is 1.20. The van der Waals surface area contributed by atoms with E-state index in [-0.39, 0.29) is 0 Å². The summed E-state index contributed by atoms with van der Waals surface area (Å²) < 4.78 is 6.28.